The Hall–Kier alpha value is -2.21. The van der Waals surface area contributed by atoms with Crippen LogP contribution in [0.2, 0.25) is 0 Å². The van der Waals surface area contributed by atoms with E-state index in [-0.39, 0.29) is 18.4 Å². The monoisotopic (exact) mass is 305 g/mol. The molecule has 1 aromatic rings. The van der Waals surface area contributed by atoms with E-state index in [1.807, 2.05) is 4.90 Å². The van der Waals surface area contributed by atoms with Gasteiger partial charge in [0.1, 0.15) is 5.82 Å². The summed E-state index contributed by atoms with van der Waals surface area (Å²) in [4.78, 5) is 25.2. The molecule has 6 heteroatoms. The Morgan fingerprint density at radius 3 is 2.73 bits per heavy atom. The number of benzene rings is 1. The van der Waals surface area contributed by atoms with Gasteiger partial charge in [0.05, 0.1) is 6.54 Å². The van der Waals surface area contributed by atoms with E-state index >= 15 is 0 Å². The quantitative estimate of drug-likeness (QED) is 0.755. The number of amides is 3. The number of hydrogen-bond donors (Lipinski definition) is 2. The van der Waals surface area contributed by atoms with Gasteiger partial charge in [0, 0.05) is 24.7 Å². The summed E-state index contributed by atoms with van der Waals surface area (Å²) in [6, 6.07) is 6.25. The number of carbonyl (C=O) groups excluding carboxylic acids is 2. The summed E-state index contributed by atoms with van der Waals surface area (Å²) in [6.07, 6.45) is 3.51. The zero-order valence-electron chi connectivity index (χ0n) is 12.3. The minimum Gasteiger partial charge on any atom is -0.334 e. The van der Waals surface area contributed by atoms with Crippen molar-refractivity contribution in [3.05, 3.63) is 48.3 Å². The highest BCUT2D eigenvalue weighted by Crippen LogP contribution is 2.28. The van der Waals surface area contributed by atoms with Gasteiger partial charge in [-0.1, -0.05) is 24.3 Å². The van der Waals surface area contributed by atoms with E-state index in [1.54, 1.807) is 18.2 Å². The van der Waals surface area contributed by atoms with Gasteiger partial charge >= 0.3 is 6.03 Å². The second-order valence-corrected chi connectivity index (χ2v) is 5.27. The van der Waals surface area contributed by atoms with E-state index in [0.717, 1.165) is 12.8 Å². The molecule has 0 aromatic heterocycles. The predicted octanol–water partition coefficient (Wildman–Crippen LogP) is 1.80. The molecule has 1 aliphatic rings. The average Bonchev–Trinajstić information content (AvgIpc) is 3.31. The van der Waals surface area contributed by atoms with Crippen LogP contribution in [0.15, 0.2) is 36.9 Å². The number of urea groups is 1. The van der Waals surface area contributed by atoms with Crippen LogP contribution in [0.25, 0.3) is 0 Å². The molecule has 0 spiro atoms. The predicted molar refractivity (Wildman–Crippen MR) is 81.6 cm³/mol. The smallest absolute Gasteiger partial charge is 0.321 e. The molecule has 0 aliphatic heterocycles. The summed E-state index contributed by atoms with van der Waals surface area (Å²) in [5, 5.41) is 4.73. The topological polar surface area (TPSA) is 61.4 Å². The highest BCUT2D eigenvalue weighted by atomic mass is 19.1. The van der Waals surface area contributed by atoms with Gasteiger partial charge in [0.25, 0.3) is 0 Å². The number of rotatable bonds is 7. The zero-order valence-corrected chi connectivity index (χ0v) is 12.3. The van der Waals surface area contributed by atoms with Crippen LogP contribution in [0.3, 0.4) is 0 Å². The second kappa shape index (κ2) is 7.70. The average molecular weight is 305 g/mol. The summed E-state index contributed by atoms with van der Waals surface area (Å²) >= 11 is 0. The molecule has 0 saturated heterocycles. The third-order valence-electron chi connectivity index (χ3n) is 3.40. The third-order valence-corrected chi connectivity index (χ3v) is 3.40. The van der Waals surface area contributed by atoms with Crippen LogP contribution < -0.4 is 10.6 Å². The van der Waals surface area contributed by atoms with E-state index < -0.39 is 11.9 Å². The Morgan fingerprint density at radius 1 is 1.36 bits per heavy atom. The first kappa shape index (κ1) is 16.2. The van der Waals surface area contributed by atoms with Crippen molar-refractivity contribution < 1.29 is 14.0 Å². The molecule has 1 fully saturated rings. The van der Waals surface area contributed by atoms with Gasteiger partial charge in [0.2, 0.25) is 5.91 Å². The molecule has 0 bridgehead atoms. The van der Waals surface area contributed by atoms with Gasteiger partial charge in [-0.25, -0.2) is 9.18 Å². The fourth-order valence-electron chi connectivity index (χ4n) is 2.16. The number of imide groups is 1. The number of carbonyl (C=O) groups is 2. The summed E-state index contributed by atoms with van der Waals surface area (Å²) < 4.78 is 13.7. The molecule has 2 N–H and O–H groups in total. The van der Waals surface area contributed by atoms with E-state index in [9.17, 15) is 14.0 Å². The number of nitrogens with zero attached hydrogens (tertiary/aromatic N) is 1. The lowest BCUT2D eigenvalue weighted by molar-refractivity contribution is -0.121. The molecule has 0 radical (unpaired) electrons. The maximum Gasteiger partial charge on any atom is 0.321 e. The van der Waals surface area contributed by atoms with Crippen LogP contribution in [0.1, 0.15) is 18.4 Å². The molecular formula is C16H20FN3O2. The van der Waals surface area contributed by atoms with Crippen LogP contribution in [-0.4, -0.2) is 36.0 Å². The first-order chi connectivity index (χ1) is 10.6. The van der Waals surface area contributed by atoms with Gasteiger partial charge in [-0.05, 0) is 18.9 Å². The van der Waals surface area contributed by atoms with Crippen molar-refractivity contribution in [2.75, 3.05) is 13.1 Å². The van der Waals surface area contributed by atoms with E-state index in [2.05, 4.69) is 17.2 Å². The van der Waals surface area contributed by atoms with Crippen molar-refractivity contribution in [3.63, 3.8) is 0 Å². The minimum atomic E-state index is -0.550. The summed E-state index contributed by atoms with van der Waals surface area (Å²) in [5.74, 6) is -0.679. The number of nitrogens with one attached hydrogen (secondary N) is 2. The molecule has 3 amide bonds. The van der Waals surface area contributed by atoms with Gasteiger partial charge in [-0.2, -0.15) is 0 Å². The fraction of sp³-hybridized carbons (Fsp3) is 0.375. The van der Waals surface area contributed by atoms with Crippen molar-refractivity contribution in [2.24, 2.45) is 0 Å². The lowest BCUT2D eigenvalue weighted by Crippen LogP contribution is -2.45. The lowest BCUT2D eigenvalue weighted by atomic mass is 10.2. The molecular weight excluding hydrogens is 285 g/mol. The normalized spacial score (nSPS) is 13.7. The molecule has 1 aliphatic carbocycles. The largest absolute Gasteiger partial charge is 0.334 e. The van der Waals surface area contributed by atoms with E-state index in [1.165, 1.54) is 12.1 Å². The molecule has 1 aromatic carbocycles. The summed E-state index contributed by atoms with van der Waals surface area (Å²) in [7, 11) is 0. The second-order valence-electron chi connectivity index (χ2n) is 5.27. The first-order valence-corrected chi connectivity index (χ1v) is 7.26. The standard InChI is InChI=1S/C16H20FN3O2/c1-2-9-18-16(22)19-15(21)11-20(13-7-8-13)10-12-5-3-4-6-14(12)17/h2-6,13H,1,7-11H2,(H2,18,19,21,22). The van der Waals surface area contributed by atoms with Crippen molar-refractivity contribution in [1.29, 1.82) is 0 Å². The van der Waals surface area contributed by atoms with Gasteiger partial charge in [0.15, 0.2) is 0 Å². The SMILES string of the molecule is C=CCNC(=O)NC(=O)CN(Cc1ccccc1F)C1CC1. The molecule has 1 saturated carbocycles. The van der Waals surface area contributed by atoms with Crippen molar-refractivity contribution in [3.8, 4) is 0 Å². The Balaban J connectivity index is 1.89. The Bertz CT molecular complexity index is 558. The van der Waals surface area contributed by atoms with Crippen LogP contribution in [0.5, 0.6) is 0 Å². The van der Waals surface area contributed by atoms with Crippen molar-refractivity contribution >= 4 is 11.9 Å². The Labute approximate surface area is 129 Å². The molecule has 0 heterocycles. The molecule has 2 rings (SSSR count). The zero-order chi connectivity index (χ0) is 15.9. The maximum absolute atomic E-state index is 13.7. The fourth-order valence-corrected chi connectivity index (χ4v) is 2.16. The van der Waals surface area contributed by atoms with Crippen LogP contribution in [0, 0.1) is 5.82 Å². The maximum atomic E-state index is 13.7. The number of hydrogen-bond acceptors (Lipinski definition) is 3. The Kier molecular flexibility index (Phi) is 5.66. The van der Waals surface area contributed by atoms with Crippen LogP contribution >= 0.6 is 0 Å². The minimum absolute atomic E-state index is 0.0700. The molecule has 0 atom stereocenters. The van der Waals surface area contributed by atoms with Gasteiger partial charge in [-0.15, -0.1) is 6.58 Å². The van der Waals surface area contributed by atoms with Gasteiger partial charge in [-0.3, -0.25) is 15.0 Å². The van der Waals surface area contributed by atoms with Crippen molar-refractivity contribution in [2.45, 2.75) is 25.4 Å². The van der Waals surface area contributed by atoms with Crippen LogP contribution in [-0.2, 0) is 11.3 Å². The highest BCUT2D eigenvalue weighted by molar-refractivity contribution is 5.95. The molecule has 22 heavy (non-hydrogen) atoms. The first-order valence-electron chi connectivity index (χ1n) is 7.26. The highest BCUT2D eigenvalue weighted by Gasteiger charge is 2.31. The van der Waals surface area contributed by atoms with E-state index in [4.69, 9.17) is 0 Å². The third kappa shape index (κ3) is 4.96. The Morgan fingerprint density at radius 2 is 2.09 bits per heavy atom. The lowest BCUT2D eigenvalue weighted by Gasteiger charge is -2.21. The number of halogens is 1. The van der Waals surface area contributed by atoms with Gasteiger partial charge < -0.3 is 5.32 Å². The van der Waals surface area contributed by atoms with Crippen LogP contribution in [0.4, 0.5) is 9.18 Å². The van der Waals surface area contributed by atoms with Crippen molar-refractivity contribution in [1.82, 2.24) is 15.5 Å². The van der Waals surface area contributed by atoms with E-state index in [0.29, 0.717) is 18.7 Å². The molecule has 118 valence electrons. The summed E-state index contributed by atoms with van der Waals surface area (Å²) in [6.45, 7) is 4.20. The molecule has 5 nitrogen and oxygen atoms in total. The summed E-state index contributed by atoms with van der Waals surface area (Å²) in [5.41, 5.74) is 0.554. The molecule has 0 unspecified atom stereocenters.